The first kappa shape index (κ1) is 28.7. The number of aromatic nitrogens is 4. The van der Waals surface area contributed by atoms with E-state index >= 15 is 0 Å². The van der Waals surface area contributed by atoms with Gasteiger partial charge in [-0.3, -0.25) is 13.9 Å². The predicted octanol–water partition coefficient (Wildman–Crippen LogP) is 1.85. The van der Waals surface area contributed by atoms with E-state index < -0.39 is 50.4 Å². The summed E-state index contributed by atoms with van der Waals surface area (Å²) >= 11 is 0. The van der Waals surface area contributed by atoms with Crippen LogP contribution in [0.2, 0.25) is 0 Å². The third kappa shape index (κ3) is 5.43. The van der Waals surface area contributed by atoms with Crippen molar-refractivity contribution in [3.63, 3.8) is 0 Å². The van der Waals surface area contributed by atoms with E-state index in [0.29, 0.717) is 5.39 Å². The second kappa shape index (κ2) is 10.9. The Labute approximate surface area is 233 Å². The van der Waals surface area contributed by atoms with E-state index in [1.54, 1.807) is 24.3 Å². The number of aliphatic carboxylic acids is 1. The van der Waals surface area contributed by atoms with Crippen molar-refractivity contribution in [3.8, 4) is 11.6 Å². The largest absolute Gasteiger partial charge is 0.480 e. The van der Waals surface area contributed by atoms with Crippen molar-refractivity contribution in [2.45, 2.75) is 43.9 Å². The first-order valence-corrected chi connectivity index (χ1v) is 14.0. The van der Waals surface area contributed by atoms with Crippen LogP contribution in [-0.4, -0.2) is 78.4 Å². The fraction of sp³-hybridized carbons (Fsp3) is 0.360. The Balaban J connectivity index is 1.42. The van der Waals surface area contributed by atoms with Crippen LogP contribution in [-0.2, 0) is 18.6 Å². The molecule has 16 heteroatoms. The molecule has 1 fully saturated rings. The van der Waals surface area contributed by atoms with Gasteiger partial charge in [0.15, 0.2) is 17.4 Å². The topological polar surface area (TPSA) is 213 Å². The Kier molecular flexibility index (Phi) is 7.59. The summed E-state index contributed by atoms with van der Waals surface area (Å²) in [6, 6.07) is 11.0. The number of nitrogen functional groups attached to an aromatic ring is 1. The van der Waals surface area contributed by atoms with Crippen LogP contribution in [0.3, 0.4) is 0 Å². The van der Waals surface area contributed by atoms with Crippen molar-refractivity contribution >= 4 is 41.6 Å². The Morgan fingerprint density at radius 2 is 2.00 bits per heavy atom. The first-order valence-electron chi connectivity index (χ1n) is 12.5. The Bertz CT molecular complexity index is 1640. The molecule has 41 heavy (non-hydrogen) atoms. The minimum Gasteiger partial charge on any atom is -0.480 e. The SMILES string of the molecule is COc1nc(N)nc2c1ncn2C1O[C@H](COP(=O)(NC(C)C(=O)O)Oc2cccc3ccccc23)[C@@H](O)[C@@]1(C)O. The molecule has 6 N–H and O–H groups in total. The molecule has 2 aromatic heterocycles. The summed E-state index contributed by atoms with van der Waals surface area (Å²) < 4.78 is 37.8. The molecule has 2 aromatic carbocycles. The molecule has 5 rings (SSSR count). The molecule has 0 aliphatic carbocycles. The second-order valence-electron chi connectivity index (χ2n) is 9.66. The zero-order chi connectivity index (χ0) is 29.5. The van der Waals surface area contributed by atoms with Crippen LogP contribution in [0.15, 0.2) is 48.8 Å². The van der Waals surface area contributed by atoms with Gasteiger partial charge in [0.25, 0.3) is 0 Å². The number of carbonyl (C=O) groups is 1. The van der Waals surface area contributed by atoms with Gasteiger partial charge in [-0.2, -0.15) is 15.1 Å². The van der Waals surface area contributed by atoms with E-state index in [1.807, 2.05) is 18.2 Å². The summed E-state index contributed by atoms with van der Waals surface area (Å²) in [6.07, 6.45) is -2.70. The normalized spacial score (nSPS) is 24.8. The number of carboxylic acids is 1. The van der Waals surface area contributed by atoms with Gasteiger partial charge in [-0.1, -0.05) is 36.4 Å². The number of nitrogens with two attached hydrogens (primary N) is 1. The lowest BCUT2D eigenvalue weighted by atomic mass is 9.96. The molecule has 1 aliphatic heterocycles. The van der Waals surface area contributed by atoms with Gasteiger partial charge < -0.3 is 35.1 Å². The maximum atomic E-state index is 13.9. The van der Waals surface area contributed by atoms with Crippen LogP contribution in [0.25, 0.3) is 21.9 Å². The summed E-state index contributed by atoms with van der Waals surface area (Å²) in [5, 5.41) is 35.5. The maximum absolute atomic E-state index is 13.9. The minimum atomic E-state index is -4.39. The standard InChI is InChI=1S/C25H29N6O9P/c1-13(22(33)34)30-41(36,40-16-10-6-8-14-7-4-5-9-15(14)16)38-11-17-19(32)25(2,35)23(39-17)31-12-27-18-20(31)28-24(26)29-21(18)37-3/h4-10,12-13,17,19,23,32,35H,11H2,1-3H3,(H,30,36)(H,33,34)(H2,26,28,29)/t13?,17-,19-,23?,25-,41?/m1/s1. The van der Waals surface area contributed by atoms with Crippen molar-refractivity contribution in [1.82, 2.24) is 24.6 Å². The summed E-state index contributed by atoms with van der Waals surface area (Å²) in [5.41, 5.74) is 4.31. The van der Waals surface area contributed by atoms with E-state index in [0.717, 1.165) is 5.39 Å². The molecule has 6 atom stereocenters. The van der Waals surface area contributed by atoms with Crippen molar-refractivity contribution in [3.05, 3.63) is 48.8 Å². The average Bonchev–Trinajstić information content (AvgIpc) is 3.44. The van der Waals surface area contributed by atoms with E-state index in [1.165, 1.54) is 31.9 Å². The molecule has 0 bridgehead atoms. The molecule has 1 saturated heterocycles. The molecule has 0 spiro atoms. The Morgan fingerprint density at radius 3 is 2.73 bits per heavy atom. The molecule has 1 aliphatic rings. The number of carboxylic acid groups (broad SMARTS) is 1. The summed E-state index contributed by atoms with van der Waals surface area (Å²) in [7, 11) is -3.00. The van der Waals surface area contributed by atoms with Crippen LogP contribution in [0.5, 0.6) is 11.6 Å². The fourth-order valence-electron chi connectivity index (χ4n) is 4.56. The quantitative estimate of drug-likeness (QED) is 0.167. The number of ether oxygens (including phenoxy) is 2. The highest BCUT2D eigenvalue weighted by Gasteiger charge is 2.54. The van der Waals surface area contributed by atoms with Gasteiger partial charge in [0.05, 0.1) is 20.0 Å². The second-order valence-corrected chi connectivity index (χ2v) is 11.4. The maximum Gasteiger partial charge on any atom is 0.459 e. The number of aliphatic hydroxyl groups excluding tert-OH is 1. The number of fused-ring (bicyclic) bond motifs is 2. The molecular formula is C25H29N6O9P. The number of imidazole rings is 1. The van der Waals surface area contributed by atoms with Crippen LogP contribution < -0.4 is 20.1 Å². The molecule has 0 amide bonds. The van der Waals surface area contributed by atoms with Crippen LogP contribution in [0.4, 0.5) is 5.95 Å². The number of hydrogen-bond acceptors (Lipinski definition) is 12. The number of rotatable bonds is 10. The third-order valence-electron chi connectivity index (χ3n) is 6.71. The smallest absolute Gasteiger partial charge is 0.459 e. The highest BCUT2D eigenvalue weighted by atomic mass is 31.2. The van der Waals surface area contributed by atoms with Gasteiger partial charge in [-0.05, 0) is 25.3 Å². The molecule has 3 heterocycles. The van der Waals surface area contributed by atoms with E-state index in [9.17, 15) is 24.7 Å². The van der Waals surface area contributed by atoms with Gasteiger partial charge in [0.2, 0.25) is 11.8 Å². The zero-order valence-electron chi connectivity index (χ0n) is 22.2. The van der Waals surface area contributed by atoms with E-state index in [2.05, 4.69) is 20.0 Å². The Morgan fingerprint density at radius 1 is 1.27 bits per heavy atom. The monoisotopic (exact) mass is 588 g/mol. The lowest BCUT2D eigenvalue weighted by Gasteiger charge is -2.27. The summed E-state index contributed by atoms with van der Waals surface area (Å²) in [6.45, 7) is 2.06. The highest BCUT2D eigenvalue weighted by molar-refractivity contribution is 7.52. The summed E-state index contributed by atoms with van der Waals surface area (Å²) in [4.78, 5) is 23.9. The number of nitrogens with zero attached hydrogens (tertiary/aromatic N) is 4. The number of hydrogen-bond donors (Lipinski definition) is 5. The Hall–Kier alpha value is -3.85. The van der Waals surface area contributed by atoms with E-state index in [4.69, 9.17) is 24.3 Å². The van der Waals surface area contributed by atoms with Gasteiger partial charge >= 0.3 is 13.7 Å². The first-order chi connectivity index (χ1) is 19.4. The summed E-state index contributed by atoms with van der Waals surface area (Å²) in [5.74, 6) is -1.11. The molecular weight excluding hydrogens is 559 g/mol. The number of benzene rings is 2. The number of anilines is 1. The number of nitrogens with one attached hydrogen (secondary N) is 1. The van der Waals surface area contributed by atoms with Crippen molar-refractivity contribution in [2.75, 3.05) is 19.5 Å². The lowest BCUT2D eigenvalue weighted by molar-refractivity contribution is -0.138. The third-order valence-corrected chi connectivity index (χ3v) is 8.34. The zero-order valence-corrected chi connectivity index (χ0v) is 23.1. The van der Waals surface area contributed by atoms with Crippen LogP contribution in [0, 0.1) is 0 Å². The molecule has 218 valence electrons. The van der Waals surface area contributed by atoms with Crippen molar-refractivity contribution in [2.24, 2.45) is 0 Å². The number of methoxy groups -OCH3 is 1. The van der Waals surface area contributed by atoms with Gasteiger partial charge in [0, 0.05) is 5.39 Å². The lowest BCUT2D eigenvalue weighted by Crippen LogP contribution is -2.44. The van der Waals surface area contributed by atoms with Gasteiger partial charge in [-0.15, -0.1) is 0 Å². The van der Waals surface area contributed by atoms with Gasteiger partial charge in [0.1, 0.15) is 29.6 Å². The molecule has 0 saturated carbocycles. The van der Waals surface area contributed by atoms with Crippen LogP contribution >= 0.6 is 7.75 Å². The average molecular weight is 589 g/mol. The van der Waals surface area contributed by atoms with Crippen molar-refractivity contribution < 1.29 is 43.2 Å². The molecule has 0 radical (unpaired) electrons. The van der Waals surface area contributed by atoms with Gasteiger partial charge in [-0.25, -0.2) is 9.55 Å². The minimum absolute atomic E-state index is 0.106. The highest BCUT2D eigenvalue weighted by Crippen LogP contribution is 2.48. The number of aliphatic hydroxyl groups is 2. The van der Waals surface area contributed by atoms with Crippen LogP contribution in [0.1, 0.15) is 20.1 Å². The van der Waals surface area contributed by atoms with E-state index in [-0.39, 0.29) is 28.7 Å². The molecule has 3 unspecified atom stereocenters. The molecule has 4 aromatic rings. The fourth-order valence-corrected chi connectivity index (χ4v) is 6.08. The predicted molar refractivity (Wildman–Crippen MR) is 145 cm³/mol. The van der Waals surface area contributed by atoms with Crippen molar-refractivity contribution in [1.29, 1.82) is 0 Å². The molecule has 15 nitrogen and oxygen atoms in total.